The third kappa shape index (κ3) is 5.54. The zero-order chi connectivity index (χ0) is 13.4. The fourth-order valence-electron chi connectivity index (χ4n) is 2.16. The van der Waals surface area contributed by atoms with E-state index in [1.54, 1.807) is 0 Å². The maximum Gasteiger partial charge on any atom is 0.120 e. The number of rotatable bonds is 8. The highest BCUT2D eigenvalue weighted by Crippen LogP contribution is 2.18. The van der Waals surface area contributed by atoms with Gasteiger partial charge in [0, 0.05) is 6.54 Å². The molecule has 0 aliphatic rings. The summed E-state index contributed by atoms with van der Waals surface area (Å²) in [5, 5.41) is 3.44. The third-order valence-corrected chi connectivity index (χ3v) is 2.91. The molecule has 0 amide bonds. The van der Waals surface area contributed by atoms with Crippen LogP contribution < -0.4 is 10.1 Å². The molecule has 0 fully saturated rings. The van der Waals surface area contributed by atoms with Crippen molar-refractivity contribution in [1.29, 1.82) is 0 Å². The van der Waals surface area contributed by atoms with Gasteiger partial charge < -0.3 is 10.1 Å². The zero-order valence-electron chi connectivity index (χ0n) is 12.3. The first kappa shape index (κ1) is 15.0. The molecule has 2 nitrogen and oxygen atoms in total. The van der Waals surface area contributed by atoms with E-state index in [0.717, 1.165) is 31.7 Å². The molecule has 0 saturated heterocycles. The van der Waals surface area contributed by atoms with E-state index in [2.05, 4.69) is 51.2 Å². The second kappa shape index (κ2) is 8.15. The first-order valence-electron chi connectivity index (χ1n) is 7.11. The number of hydrogen-bond acceptors (Lipinski definition) is 2. The van der Waals surface area contributed by atoms with Crippen molar-refractivity contribution < 1.29 is 4.74 Å². The zero-order valence-corrected chi connectivity index (χ0v) is 12.3. The Morgan fingerprint density at radius 3 is 2.28 bits per heavy atom. The Hall–Kier alpha value is -1.02. The minimum Gasteiger partial charge on any atom is -0.489 e. The van der Waals surface area contributed by atoms with Gasteiger partial charge in [-0.15, -0.1) is 0 Å². The molecule has 0 radical (unpaired) electrons. The number of ether oxygens (including phenoxy) is 1. The molecule has 1 atom stereocenters. The van der Waals surface area contributed by atoms with Crippen molar-refractivity contribution >= 4 is 0 Å². The molecule has 1 N–H and O–H groups in total. The van der Waals surface area contributed by atoms with Crippen LogP contribution >= 0.6 is 0 Å². The quantitative estimate of drug-likeness (QED) is 0.707. The van der Waals surface area contributed by atoms with E-state index in [-0.39, 0.29) is 6.10 Å². The molecule has 0 aromatic heterocycles. The molecule has 1 rings (SSSR count). The van der Waals surface area contributed by atoms with Crippen LogP contribution in [0, 0.1) is 13.8 Å². The predicted molar refractivity (Wildman–Crippen MR) is 78.4 cm³/mol. The third-order valence-electron chi connectivity index (χ3n) is 2.91. The average Bonchev–Trinajstić information content (AvgIpc) is 2.28. The lowest BCUT2D eigenvalue weighted by Gasteiger charge is -2.20. The molecular formula is C16H27NO. The SMILES string of the molecule is CCCNCC(CCC)Oc1cc(C)cc(C)c1. The van der Waals surface area contributed by atoms with Crippen LogP contribution in [0.2, 0.25) is 0 Å². The van der Waals surface area contributed by atoms with Crippen LogP contribution in [0.5, 0.6) is 5.75 Å². The lowest BCUT2D eigenvalue weighted by molar-refractivity contribution is 0.186. The summed E-state index contributed by atoms with van der Waals surface area (Å²) in [5.41, 5.74) is 2.53. The van der Waals surface area contributed by atoms with Gasteiger partial charge in [-0.3, -0.25) is 0 Å². The average molecular weight is 249 g/mol. The summed E-state index contributed by atoms with van der Waals surface area (Å²) in [6.45, 7) is 10.6. The minimum atomic E-state index is 0.280. The van der Waals surface area contributed by atoms with Gasteiger partial charge in [-0.25, -0.2) is 0 Å². The molecule has 0 aliphatic heterocycles. The summed E-state index contributed by atoms with van der Waals surface area (Å²) in [6, 6.07) is 6.42. The number of aryl methyl sites for hydroxylation is 2. The Morgan fingerprint density at radius 1 is 1.06 bits per heavy atom. The summed E-state index contributed by atoms with van der Waals surface area (Å²) in [7, 11) is 0. The van der Waals surface area contributed by atoms with Gasteiger partial charge in [0.25, 0.3) is 0 Å². The highest BCUT2D eigenvalue weighted by atomic mass is 16.5. The van der Waals surface area contributed by atoms with Gasteiger partial charge in [-0.05, 0) is 56.5 Å². The Morgan fingerprint density at radius 2 is 1.72 bits per heavy atom. The van der Waals surface area contributed by atoms with E-state index >= 15 is 0 Å². The molecule has 2 heteroatoms. The van der Waals surface area contributed by atoms with Crippen molar-refractivity contribution in [2.75, 3.05) is 13.1 Å². The largest absolute Gasteiger partial charge is 0.489 e. The van der Waals surface area contributed by atoms with Crippen molar-refractivity contribution in [2.45, 2.75) is 53.1 Å². The van der Waals surface area contributed by atoms with Gasteiger partial charge in [0.05, 0.1) is 0 Å². The van der Waals surface area contributed by atoms with Crippen LogP contribution in [0.3, 0.4) is 0 Å². The maximum atomic E-state index is 6.10. The summed E-state index contributed by atoms with van der Waals surface area (Å²) in [6.07, 6.45) is 3.71. The van der Waals surface area contributed by atoms with Gasteiger partial charge in [-0.2, -0.15) is 0 Å². The first-order chi connectivity index (χ1) is 8.65. The van der Waals surface area contributed by atoms with Crippen molar-refractivity contribution in [3.63, 3.8) is 0 Å². The Balaban J connectivity index is 2.58. The summed E-state index contributed by atoms with van der Waals surface area (Å²) < 4.78 is 6.10. The molecular weight excluding hydrogens is 222 g/mol. The molecule has 102 valence electrons. The molecule has 0 heterocycles. The van der Waals surface area contributed by atoms with Crippen LogP contribution in [0.25, 0.3) is 0 Å². The smallest absolute Gasteiger partial charge is 0.120 e. The number of nitrogens with one attached hydrogen (secondary N) is 1. The van der Waals surface area contributed by atoms with Crippen LogP contribution in [0.4, 0.5) is 0 Å². The summed E-state index contributed by atoms with van der Waals surface area (Å²) in [4.78, 5) is 0. The molecule has 1 aromatic carbocycles. The fourth-order valence-corrected chi connectivity index (χ4v) is 2.16. The number of benzene rings is 1. The molecule has 18 heavy (non-hydrogen) atoms. The second-order valence-electron chi connectivity index (χ2n) is 5.06. The Kier molecular flexibility index (Phi) is 6.81. The molecule has 1 aromatic rings. The van der Waals surface area contributed by atoms with Crippen molar-refractivity contribution in [2.24, 2.45) is 0 Å². The first-order valence-corrected chi connectivity index (χ1v) is 7.11. The van der Waals surface area contributed by atoms with Crippen LogP contribution in [-0.4, -0.2) is 19.2 Å². The van der Waals surface area contributed by atoms with Crippen LogP contribution in [0.1, 0.15) is 44.2 Å². The minimum absolute atomic E-state index is 0.280. The number of hydrogen-bond donors (Lipinski definition) is 1. The summed E-state index contributed by atoms with van der Waals surface area (Å²) in [5.74, 6) is 1.00. The molecule has 0 aliphatic carbocycles. The highest BCUT2D eigenvalue weighted by molar-refractivity contribution is 5.33. The highest BCUT2D eigenvalue weighted by Gasteiger charge is 2.09. The maximum absolute atomic E-state index is 6.10. The van der Waals surface area contributed by atoms with E-state index in [9.17, 15) is 0 Å². The monoisotopic (exact) mass is 249 g/mol. The fraction of sp³-hybridized carbons (Fsp3) is 0.625. The lowest BCUT2D eigenvalue weighted by Crippen LogP contribution is -2.31. The van der Waals surface area contributed by atoms with Crippen molar-refractivity contribution in [1.82, 2.24) is 5.32 Å². The van der Waals surface area contributed by atoms with Gasteiger partial charge in [-0.1, -0.05) is 26.3 Å². The molecule has 0 spiro atoms. The van der Waals surface area contributed by atoms with Crippen molar-refractivity contribution in [3.05, 3.63) is 29.3 Å². The lowest BCUT2D eigenvalue weighted by atomic mass is 10.1. The molecule has 0 bridgehead atoms. The molecule has 0 saturated carbocycles. The van der Waals surface area contributed by atoms with Gasteiger partial charge in [0.1, 0.15) is 11.9 Å². The van der Waals surface area contributed by atoms with E-state index in [4.69, 9.17) is 4.74 Å². The van der Waals surface area contributed by atoms with Crippen molar-refractivity contribution in [3.8, 4) is 5.75 Å². The van der Waals surface area contributed by atoms with Crippen LogP contribution in [-0.2, 0) is 0 Å². The normalized spacial score (nSPS) is 12.4. The van der Waals surface area contributed by atoms with Crippen LogP contribution in [0.15, 0.2) is 18.2 Å². The van der Waals surface area contributed by atoms with Gasteiger partial charge >= 0.3 is 0 Å². The Bertz CT molecular complexity index is 329. The standard InChI is InChI=1S/C16H27NO/c1-5-7-15(12-17-8-6-2)18-16-10-13(3)9-14(4)11-16/h9-11,15,17H,5-8,12H2,1-4H3. The van der Waals surface area contributed by atoms with E-state index < -0.39 is 0 Å². The van der Waals surface area contributed by atoms with E-state index in [1.165, 1.54) is 17.5 Å². The topological polar surface area (TPSA) is 21.3 Å². The molecule has 1 unspecified atom stereocenters. The van der Waals surface area contributed by atoms with Gasteiger partial charge in [0.15, 0.2) is 0 Å². The Labute approximate surface area is 112 Å². The van der Waals surface area contributed by atoms with E-state index in [1.807, 2.05) is 0 Å². The summed E-state index contributed by atoms with van der Waals surface area (Å²) >= 11 is 0. The second-order valence-corrected chi connectivity index (χ2v) is 5.06. The predicted octanol–water partition coefficient (Wildman–Crippen LogP) is 3.85. The van der Waals surface area contributed by atoms with Gasteiger partial charge in [0.2, 0.25) is 0 Å². The van der Waals surface area contributed by atoms with E-state index in [0.29, 0.717) is 0 Å².